The number of ether oxygens (including phenoxy) is 1. The zero-order valence-corrected chi connectivity index (χ0v) is 10.7. The molecule has 4 nitrogen and oxygen atoms in total. The van der Waals surface area contributed by atoms with Crippen LogP contribution in [0.2, 0.25) is 0 Å². The molecule has 0 saturated heterocycles. The number of hydrogen-bond donors (Lipinski definition) is 1. The summed E-state index contributed by atoms with van der Waals surface area (Å²) in [5.74, 6) is 4.14. The molecule has 1 heterocycles. The normalized spacial score (nSPS) is 10.1. The van der Waals surface area contributed by atoms with Gasteiger partial charge in [-0.25, -0.2) is 9.97 Å². The van der Waals surface area contributed by atoms with Gasteiger partial charge >= 0.3 is 0 Å². The van der Waals surface area contributed by atoms with Crippen LogP contribution in [0.15, 0.2) is 6.33 Å². The van der Waals surface area contributed by atoms with Crippen LogP contribution in [0.4, 0.5) is 5.82 Å². The summed E-state index contributed by atoms with van der Waals surface area (Å²) in [6, 6.07) is 0. The van der Waals surface area contributed by atoms with E-state index in [0.29, 0.717) is 5.88 Å². The van der Waals surface area contributed by atoms with E-state index in [4.69, 9.17) is 11.2 Å². The molecule has 1 aromatic heterocycles. The van der Waals surface area contributed by atoms with Crippen LogP contribution in [-0.4, -0.2) is 23.1 Å². The third-order valence-corrected chi connectivity index (χ3v) is 2.26. The first-order chi connectivity index (χ1) is 8.20. The fourth-order valence-corrected chi connectivity index (χ4v) is 1.51. The molecule has 0 aliphatic rings. The third kappa shape index (κ3) is 3.63. The molecule has 0 atom stereocenters. The van der Waals surface area contributed by atoms with Crippen molar-refractivity contribution < 1.29 is 4.74 Å². The van der Waals surface area contributed by atoms with Gasteiger partial charge in [-0.15, -0.1) is 6.42 Å². The van der Waals surface area contributed by atoms with E-state index >= 15 is 0 Å². The Morgan fingerprint density at radius 2 is 2.24 bits per heavy atom. The largest absolute Gasteiger partial charge is 0.464 e. The van der Waals surface area contributed by atoms with Gasteiger partial charge in [-0.3, -0.25) is 0 Å². The Morgan fingerprint density at radius 1 is 1.47 bits per heavy atom. The number of nitrogens with one attached hydrogen (secondary N) is 1. The molecule has 1 aromatic rings. The summed E-state index contributed by atoms with van der Waals surface area (Å²) in [7, 11) is 0. The third-order valence-electron chi connectivity index (χ3n) is 2.26. The second kappa shape index (κ2) is 6.74. The molecule has 0 spiro atoms. The van der Waals surface area contributed by atoms with E-state index in [-0.39, 0.29) is 12.5 Å². The van der Waals surface area contributed by atoms with Crippen LogP contribution < -0.4 is 10.1 Å². The number of aromatic nitrogens is 2. The molecule has 92 valence electrons. The molecule has 0 amide bonds. The van der Waals surface area contributed by atoms with Crippen molar-refractivity contribution in [2.75, 3.05) is 18.5 Å². The van der Waals surface area contributed by atoms with Crippen LogP contribution in [0.1, 0.15) is 38.7 Å². The first-order valence-corrected chi connectivity index (χ1v) is 5.85. The van der Waals surface area contributed by atoms with Crippen molar-refractivity contribution in [2.45, 2.75) is 33.1 Å². The summed E-state index contributed by atoms with van der Waals surface area (Å²) in [6.07, 6.45) is 7.73. The first-order valence-electron chi connectivity index (χ1n) is 5.85. The summed E-state index contributed by atoms with van der Waals surface area (Å²) in [5, 5.41) is 3.28. The predicted molar refractivity (Wildman–Crippen MR) is 69.2 cm³/mol. The van der Waals surface area contributed by atoms with Gasteiger partial charge in [0.05, 0.1) is 5.56 Å². The molecule has 0 saturated carbocycles. The molecule has 4 heteroatoms. The monoisotopic (exact) mass is 233 g/mol. The molecular weight excluding hydrogens is 214 g/mol. The summed E-state index contributed by atoms with van der Waals surface area (Å²) in [5.41, 5.74) is 0.983. The van der Waals surface area contributed by atoms with E-state index in [1.165, 1.54) is 6.33 Å². The average Bonchev–Trinajstić information content (AvgIpc) is 2.33. The highest BCUT2D eigenvalue weighted by Crippen LogP contribution is 2.29. The minimum atomic E-state index is 0.226. The number of anilines is 1. The smallest absolute Gasteiger partial charge is 0.223 e. The van der Waals surface area contributed by atoms with E-state index in [1.807, 2.05) is 0 Å². The van der Waals surface area contributed by atoms with Crippen LogP contribution in [0.3, 0.4) is 0 Å². The number of rotatable bonds is 6. The standard InChI is InChI=1S/C13H19N3O/c1-5-7-14-12-11(10(3)4)13(16-9-15-12)17-8-6-2/h2,9-10H,5,7-8H2,1,3-4H3,(H,14,15,16). The summed E-state index contributed by atoms with van der Waals surface area (Å²) < 4.78 is 5.44. The van der Waals surface area contributed by atoms with E-state index in [1.54, 1.807) is 0 Å². The van der Waals surface area contributed by atoms with Crippen LogP contribution in [0.25, 0.3) is 0 Å². The van der Waals surface area contributed by atoms with Gasteiger partial charge in [-0.05, 0) is 12.3 Å². The second-order valence-corrected chi connectivity index (χ2v) is 4.02. The second-order valence-electron chi connectivity index (χ2n) is 4.02. The van der Waals surface area contributed by atoms with Crippen LogP contribution >= 0.6 is 0 Å². The summed E-state index contributed by atoms with van der Waals surface area (Å²) in [6.45, 7) is 7.38. The Labute approximate surface area is 103 Å². The molecule has 0 radical (unpaired) electrons. The van der Waals surface area contributed by atoms with Crippen LogP contribution in [0.5, 0.6) is 5.88 Å². The highest BCUT2D eigenvalue weighted by atomic mass is 16.5. The van der Waals surface area contributed by atoms with Gasteiger partial charge in [0, 0.05) is 6.54 Å². The SMILES string of the molecule is C#CCOc1ncnc(NCCC)c1C(C)C. The minimum absolute atomic E-state index is 0.226. The molecular formula is C13H19N3O. The molecule has 17 heavy (non-hydrogen) atoms. The lowest BCUT2D eigenvalue weighted by Crippen LogP contribution is -2.10. The Morgan fingerprint density at radius 3 is 2.82 bits per heavy atom. The lowest BCUT2D eigenvalue weighted by Gasteiger charge is -2.16. The van der Waals surface area contributed by atoms with Crippen LogP contribution in [-0.2, 0) is 0 Å². The van der Waals surface area contributed by atoms with Gasteiger partial charge in [0.1, 0.15) is 12.1 Å². The number of terminal acetylenes is 1. The molecule has 0 bridgehead atoms. The lowest BCUT2D eigenvalue weighted by molar-refractivity contribution is 0.348. The van der Waals surface area contributed by atoms with Crippen molar-refractivity contribution in [3.8, 4) is 18.2 Å². The highest BCUT2D eigenvalue weighted by Gasteiger charge is 2.15. The Bertz CT molecular complexity index is 396. The van der Waals surface area contributed by atoms with E-state index in [0.717, 1.165) is 24.3 Å². The van der Waals surface area contributed by atoms with Gasteiger partial charge < -0.3 is 10.1 Å². The van der Waals surface area contributed by atoms with E-state index in [2.05, 4.69) is 42.0 Å². The van der Waals surface area contributed by atoms with Gasteiger partial charge in [0.15, 0.2) is 6.61 Å². The average molecular weight is 233 g/mol. The molecule has 0 aliphatic carbocycles. The Kier molecular flexibility index (Phi) is 5.28. The zero-order valence-electron chi connectivity index (χ0n) is 10.7. The molecule has 0 unspecified atom stereocenters. The minimum Gasteiger partial charge on any atom is -0.464 e. The number of hydrogen-bond acceptors (Lipinski definition) is 4. The van der Waals surface area contributed by atoms with Crippen molar-refractivity contribution in [2.24, 2.45) is 0 Å². The van der Waals surface area contributed by atoms with Crippen molar-refractivity contribution in [3.63, 3.8) is 0 Å². The maximum Gasteiger partial charge on any atom is 0.223 e. The first kappa shape index (κ1) is 13.3. The highest BCUT2D eigenvalue weighted by molar-refractivity contribution is 5.50. The van der Waals surface area contributed by atoms with Crippen molar-refractivity contribution in [1.82, 2.24) is 9.97 Å². The van der Waals surface area contributed by atoms with Crippen molar-refractivity contribution in [1.29, 1.82) is 0 Å². The molecule has 1 rings (SSSR count). The lowest BCUT2D eigenvalue weighted by atomic mass is 10.1. The van der Waals surface area contributed by atoms with Crippen molar-refractivity contribution >= 4 is 5.82 Å². The van der Waals surface area contributed by atoms with Gasteiger partial charge in [-0.1, -0.05) is 26.7 Å². The zero-order chi connectivity index (χ0) is 12.7. The molecule has 0 aliphatic heterocycles. The predicted octanol–water partition coefficient (Wildman–Crippen LogP) is 2.43. The summed E-state index contributed by atoms with van der Waals surface area (Å²) in [4.78, 5) is 8.39. The maximum atomic E-state index is 5.44. The molecule has 0 aromatic carbocycles. The maximum absolute atomic E-state index is 5.44. The van der Waals surface area contributed by atoms with E-state index in [9.17, 15) is 0 Å². The fourth-order valence-electron chi connectivity index (χ4n) is 1.51. The van der Waals surface area contributed by atoms with E-state index < -0.39 is 0 Å². The van der Waals surface area contributed by atoms with Gasteiger partial charge in [0.25, 0.3) is 0 Å². The number of nitrogens with zero attached hydrogens (tertiary/aromatic N) is 2. The molecule has 1 N–H and O–H groups in total. The summed E-state index contributed by atoms with van der Waals surface area (Å²) >= 11 is 0. The fraction of sp³-hybridized carbons (Fsp3) is 0.538. The van der Waals surface area contributed by atoms with Crippen LogP contribution in [0, 0.1) is 12.3 Å². The van der Waals surface area contributed by atoms with Crippen molar-refractivity contribution in [3.05, 3.63) is 11.9 Å². The Balaban J connectivity index is 3.00. The van der Waals surface area contributed by atoms with Gasteiger partial charge in [0.2, 0.25) is 5.88 Å². The topological polar surface area (TPSA) is 47.0 Å². The van der Waals surface area contributed by atoms with Gasteiger partial charge in [-0.2, -0.15) is 0 Å². The quantitative estimate of drug-likeness (QED) is 0.767. The molecule has 0 fully saturated rings. The Hall–Kier alpha value is -1.76.